The maximum Gasteiger partial charge on any atom is 0.147 e. The van der Waals surface area contributed by atoms with Gasteiger partial charge in [0.1, 0.15) is 9.84 Å². The summed E-state index contributed by atoms with van der Waals surface area (Å²) >= 11 is 0. The molecular weight excluding hydrogens is 222 g/mol. The van der Waals surface area contributed by atoms with Crippen molar-refractivity contribution in [3.63, 3.8) is 0 Å². The molecule has 0 aliphatic carbocycles. The molecule has 0 unspecified atom stereocenters. The van der Waals surface area contributed by atoms with E-state index in [2.05, 4.69) is 0 Å². The Kier molecular flexibility index (Phi) is 2.76. The fourth-order valence-corrected chi connectivity index (χ4v) is 2.51. The Labute approximate surface area is 95.6 Å². The Bertz CT molecular complexity index is 611. The van der Waals surface area contributed by atoms with Gasteiger partial charge in [0.15, 0.2) is 0 Å². The Morgan fingerprint density at radius 1 is 1.25 bits per heavy atom. The van der Waals surface area contributed by atoms with E-state index in [0.717, 1.165) is 16.5 Å². The first-order valence-corrected chi connectivity index (χ1v) is 7.24. The van der Waals surface area contributed by atoms with Crippen LogP contribution >= 0.6 is 0 Å². The maximum atomic E-state index is 11.1. The van der Waals surface area contributed by atoms with Gasteiger partial charge in [0.25, 0.3) is 0 Å². The summed E-state index contributed by atoms with van der Waals surface area (Å²) in [5.74, 6) is 0.209. The van der Waals surface area contributed by atoms with Crippen LogP contribution in [0.1, 0.15) is 5.56 Å². The molecule has 0 spiro atoms. The number of fused-ring (bicyclic) bond motifs is 1. The third-order valence-corrected chi connectivity index (χ3v) is 3.67. The maximum absolute atomic E-state index is 11.1. The van der Waals surface area contributed by atoms with E-state index >= 15 is 0 Å². The molecule has 2 aromatic rings. The van der Waals surface area contributed by atoms with Crippen LogP contribution in [0.25, 0.3) is 10.9 Å². The fourth-order valence-electron chi connectivity index (χ4n) is 1.92. The number of aryl methyl sites for hydroxylation is 2. The summed E-state index contributed by atoms with van der Waals surface area (Å²) in [6.45, 7) is 0. The lowest BCUT2D eigenvalue weighted by Gasteiger charge is -1.97. The van der Waals surface area contributed by atoms with Crippen molar-refractivity contribution in [3.8, 4) is 0 Å². The minimum Gasteiger partial charge on any atom is -0.350 e. The van der Waals surface area contributed by atoms with Crippen molar-refractivity contribution in [2.45, 2.75) is 6.42 Å². The van der Waals surface area contributed by atoms with Crippen LogP contribution < -0.4 is 0 Å². The van der Waals surface area contributed by atoms with E-state index in [1.807, 2.05) is 42.1 Å². The van der Waals surface area contributed by atoms with E-state index < -0.39 is 9.84 Å². The number of sulfone groups is 1. The second-order valence-electron chi connectivity index (χ2n) is 4.16. The lowest BCUT2D eigenvalue weighted by atomic mass is 10.1. The van der Waals surface area contributed by atoms with Gasteiger partial charge in [-0.3, -0.25) is 0 Å². The van der Waals surface area contributed by atoms with Crippen LogP contribution in [0, 0.1) is 0 Å². The van der Waals surface area contributed by atoms with Gasteiger partial charge < -0.3 is 4.57 Å². The molecule has 0 saturated carbocycles. The van der Waals surface area contributed by atoms with Gasteiger partial charge in [0, 0.05) is 30.4 Å². The number of para-hydroxylation sites is 1. The molecule has 0 bridgehead atoms. The lowest BCUT2D eigenvalue weighted by molar-refractivity contribution is 0.601. The SMILES string of the molecule is Cn1cc(CCS(C)(=O)=O)c2ccccc21. The van der Waals surface area contributed by atoms with Gasteiger partial charge in [-0.2, -0.15) is 0 Å². The fraction of sp³-hybridized carbons (Fsp3) is 0.333. The van der Waals surface area contributed by atoms with Crippen molar-refractivity contribution in [2.75, 3.05) is 12.0 Å². The number of rotatable bonds is 3. The standard InChI is InChI=1S/C12H15NO2S/c1-13-9-10(7-8-16(2,14)15)11-5-3-4-6-12(11)13/h3-6,9H,7-8H2,1-2H3. The summed E-state index contributed by atoms with van der Waals surface area (Å²) in [7, 11) is -0.913. The minimum absolute atomic E-state index is 0.209. The molecule has 1 heterocycles. The van der Waals surface area contributed by atoms with Crippen LogP contribution in [-0.4, -0.2) is 25.0 Å². The Morgan fingerprint density at radius 3 is 2.62 bits per heavy atom. The third kappa shape index (κ3) is 2.27. The normalized spacial score (nSPS) is 12.1. The van der Waals surface area contributed by atoms with Crippen LogP contribution in [-0.2, 0) is 23.3 Å². The zero-order chi connectivity index (χ0) is 11.8. The van der Waals surface area contributed by atoms with Crippen LogP contribution in [0.3, 0.4) is 0 Å². The highest BCUT2D eigenvalue weighted by atomic mass is 32.2. The first-order valence-electron chi connectivity index (χ1n) is 5.18. The summed E-state index contributed by atoms with van der Waals surface area (Å²) < 4.78 is 24.3. The van der Waals surface area contributed by atoms with E-state index in [-0.39, 0.29) is 5.75 Å². The largest absolute Gasteiger partial charge is 0.350 e. The summed E-state index contributed by atoms with van der Waals surface area (Å²) in [6.07, 6.45) is 3.87. The smallest absolute Gasteiger partial charge is 0.147 e. The van der Waals surface area contributed by atoms with Crippen LogP contribution in [0.5, 0.6) is 0 Å². The molecule has 2 rings (SSSR count). The van der Waals surface area contributed by atoms with Crippen molar-refractivity contribution >= 4 is 20.7 Å². The predicted molar refractivity (Wildman–Crippen MR) is 66.3 cm³/mol. The number of nitrogens with zero attached hydrogens (tertiary/aromatic N) is 1. The molecule has 0 N–H and O–H groups in total. The van der Waals surface area contributed by atoms with Crippen molar-refractivity contribution in [3.05, 3.63) is 36.0 Å². The second kappa shape index (κ2) is 3.94. The zero-order valence-corrected chi connectivity index (χ0v) is 10.3. The molecule has 3 nitrogen and oxygen atoms in total. The van der Waals surface area contributed by atoms with Gasteiger partial charge in [0.05, 0.1) is 5.75 Å². The van der Waals surface area contributed by atoms with E-state index in [9.17, 15) is 8.42 Å². The lowest BCUT2D eigenvalue weighted by Crippen LogP contribution is -2.05. The van der Waals surface area contributed by atoms with Crippen molar-refractivity contribution in [1.82, 2.24) is 4.57 Å². The number of hydrogen-bond donors (Lipinski definition) is 0. The van der Waals surface area contributed by atoms with E-state index in [1.165, 1.54) is 6.26 Å². The highest BCUT2D eigenvalue weighted by Crippen LogP contribution is 2.20. The summed E-state index contributed by atoms with van der Waals surface area (Å²) in [5.41, 5.74) is 2.24. The molecule has 0 atom stereocenters. The molecule has 0 fully saturated rings. The quantitative estimate of drug-likeness (QED) is 0.816. The van der Waals surface area contributed by atoms with Gasteiger partial charge in [-0.15, -0.1) is 0 Å². The Hall–Kier alpha value is -1.29. The van der Waals surface area contributed by atoms with Crippen LogP contribution in [0.4, 0.5) is 0 Å². The number of benzene rings is 1. The molecule has 0 radical (unpaired) electrons. The Balaban J connectivity index is 2.38. The van der Waals surface area contributed by atoms with E-state index in [1.54, 1.807) is 0 Å². The van der Waals surface area contributed by atoms with Crippen LogP contribution in [0.2, 0.25) is 0 Å². The summed E-state index contributed by atoms with van der Waals surface area (Å²) in [4.78, 5) is 0. The summed E-state index contributed by atoms with van der Waals surface area (Å²) in [6, 6.07) is 8.04. The molecule has 0 aliphatic rings. The van der Waals surface area contributed by atoms with Gasteiger partial charge in [-0.05, 0) is 18.1 Å². The van der Waals surface area contributed by atoms with Crippen molar-refractivity contribution in [2.24, 2.45) is 7.05 Å². The molecule has 1 aromatic carbocycles. The monoisotopic (exact) mass is 237 g/mol. The van der Waals surface area contributed by atoms with Gasteiger partial charge in [-0.1, -0.05) is 18.2 Å². The zero-order valence-electron chi connectivity index (χ0n) is 9.47. The highest BCUT2D eigenvalue weighted by Gasteiger charge is 2.08. The van der Waals surface area contributed by atoms with E-state index in [0.29, 0.717) is 6.42 Å². The van der Waals surface area contributed by atoms with Crippen LogP contribution in [0.15, 0.2) is 30.5 Å². The first kappa shape index (κ1) is 11.2. The molecule has 4 heteroatoms. The summed E-state index contributed by atoms with van der Waals surface area (Å²) in [5, 5.41) is 1.15. The van der Waals surface area contributed by atoms with Gasteiger partial charge in [0.2, 0.25) is 0 Å². The predicted octanol–water partition coefficient (Wildman–Crippen LogP) is 1.77. The topological polar surface area (TPSA) is 39.1 Å². The Morgan fingerprint density at radius 2 is 1.94 bits per heavy atom. The first-order chi connectivity index (χ1) is 7.47. The molecule has 0 saturated heterocycles. The average Bonchev–Trinajstić information content (AvgIpc) is 2.53. The molecular formula is C12H15NO2S. The van der Waals surface area contributed by atoms with E-state index in [4.69, 9.17) is 0 Å². The number of aromatic nitrogens is 1. The average molecular weight is 237 g/mol. The second-order valence-corrected chi connectivity index (χ2v) is 6.42. The molecule has 0 aliphatic heterocycles. The number of hydrogen-bond acceptors (Lipinski definition) is 2. The molecule has 0 amide bonds. The third-order valence-electron chi connectivity index (χ3n) is 2.72. The highest BCUT2D eigenvalue weighted by molar-refractivity contribution is 7.90. The molecule has 16 heavy (non-hydrogen) atoms. The van der Waals surface area contributed by atoms with Crippen molar-refractivity contribution < 1.29 is 8.42 Å². The molecule has 86 valence electrons. The van der Waals surface area contributed by atoms with Gasteiger partial charge in [-0.25, -0.2) is 8.42 Å². The minimum atomic E-state index is -2.89. The van der Waals surface area contributed by atoms with Crippen molar-refractivity contribution in [1.29, 1.82) is 0 Å². The molecule has 1 aromatic heterocycles. The van der Waals surface area contributed by atoms with Gasteiger partial charge >= 0.3 is 0 Å².